The van der Waals surface area contributed by atoms with Gasteiger partial charge in [-0.2, -0.15) is 0 Å². The molecule has 0 radical (unpaired) electrons. The number of hydrogen-bond donors (Lipinski definition) is 1. The number of benzene rings is 1. The molecular formula is C14H17FN2O. The average Bonchev–Trinajstić information content (AvgIpc) is 2.88. The quantitative estimate of drug-likeness (QED) is 0.848. The molecule has 2 heterocycles. The monoisotopic (exact) mass is 248 g/mol. The Hall–Kier alpha value is -1.42. The van der Waals surface area contributed by atoms with E-state index in [1.165, 1.54) is 12.1 Å². The largest absolute Gasteiger partial charge is 0.342 e. The van der Waals surface area contributed by atoms with E-state index in [0.29, 0.717) is 18.3 Å². The van der Waals surface area contributed by atoms with Gasteiger partial charge >= 0.3 is 0 Å². The first-order valence-corrected chi connectivity index (χ1v) is 6.45. The van der Waals surface area contributed by atoms with Gasteiger partial charge in [0.1, 0.15) is 5.82 Å². The fourth-order valence-corrected chi connectivity index (χ4v) is 2.99. The lowest BCUT2D eigenvalue weighted by molar-refractivity contribution is -0.129. The number of fused-ring (bicyclic) bond motifs is 1. The molecule has 2 aliphatic rings. The first-order chi connectivity index (χ1) is 8.72. The minimum atomic E-state index is -0.275. The van der Waals surface area contributed by atoms with Crippen LogP contribution in [0.2, 0.25) is 0 Å². The van der Waals surface area contributed by atoms with Crippen LogP contribution in [-0.4, -0.2) is 37.0 Å². The summed E-state index contributed by atoms with van der Waals surface area (Å²) >= 11 is 0. The summed E-state index contributed by atoms with van der Waals surface area (Å²) in [6.07, 6.45) is 0.310. The van der Waals surface area contributed by atoms with Crippen LogP contribution >= 0.6 is 0 Å². The lowest BCUT2D eigenvalue weighted by Crippen LogP contribution is -2.32. The smallest absolute Gasteiger partial charge is 0.227 e. The Morgan fingerprint density at radius 3 is 2.72 bits per heavy atom. The number of rotatable bonds is 2. The van der Waals surface area contributed by atoms with Crippen LogP contribution in [0, 0.1) is 17.7 Å². The Morgan fingerprint density at radius 1 is 1.33 bits per heavy atom. The molecule has 2 fully saturated rings. The van der Waals surface area contributed by atoms with E-state index in [4.69, 9.17) is 0 Å². The number of likely N-dealkylation sites (tertiary alicyclic amines) is 1. The second kappa shape index (κ2) is 4.69. The maximum atomic E-state index is 13.0. The van der Waals surface area contributed by atoms with Crippen LogP contribution < -0.4 is 5.32 Å². The molecule has 0 spiro atoms. The van der Waals surface area contributed by atoms with Crippen LogP contribution in [0.25, 0.3) is 0 Å². The van der Waals surface area contributed by atoms with Crippen LogP contribution in [0.4, 0.5) is 4.39 Å². The standard InChI is InChI=1S/C14H17FN2O/c15-13-3-1-2-10(4-13)5-14(18)17-8-11-6-16-7-12(11)9-17/h1-4,11-12,16H,5-9H2/t11-,12+. The van der Waals surface area contributed by atoms with Gasteiger partial charge in [-0.15, -0.1) is 0 Å². The van der Waals surface area contributed by atoms with Crippen molar-refractivity contribution in [3.8, 4) is 0 Å². The first kappa shape index (κ1) is 11.7. The summed E-state index contributed by atoms with van der Waals surface area (Å²) in [6.45, 7) is 3.75. The molecular weight excluding hydrogens is 231 g/mol. The third-order valence-corrected chi connectivity index (χ3v) is 3.99. The Bertz CT molecular complexity index is 451. The molecule has 3 rings (SSSR count). The van der Waals surface area contributed by atoms with Crippen LogP contribution in [0.15, 0.2) is 24.3 Å². The number of carbonyl (C=O) groups is 1. The molecule has 0 bridgehead atoms. The van der Waals surface area contributed by atoms with Gasteiger partial charge in [-0.1, -0.05) is 12.1 Å². The first-order valence-electron chi connectivity index (χ1n) is 6.45. The summed E-state index contributed by atoms with van der Waals surface area (Å²) in [5, 5.41) is 3.35. The predicted molar refractivity (Wildman–Crippen MR) is 66.5 cm³/mol. The molecule has 96 valence electrons. The van der Waals surface area contributed by atoms with Crippen molar-refractivity contribution in [1.29, 1.82) is 0 Å². The molecule has 4 heteroatoms. The van der Waals surface area contributed by atoms with E-state index in [2.05, 4.69) is 5.32 Å². The van der Waals surface area contributed by atoms with Crippen LogP contribution in [0.3, 0.4) is 0 Å². The molecule has 0 saturated carbocycles. The van der Waals surface area contributed by atoms with Crippen molar-refractivity contribution < 1.29 is 9.18 Å². The van der Waals surface area contributed by atoms with Crippen molar-refractivity contribution in [2.45, 2.75) is 6.42 Å². The van der Waals surface area contributed by atoms with Crippen molar-refractivity contribution in [3.05, 3.63) is 35.6 Å². The highest BCUT2D eigenvalue weighted by Gasteiger charge is 2.37. The number of halogens is 1. The summed E-state index contributed by atoms with van der Waals surface area (Å²) in [5.41, 5.74) is 0.759. The molecule has 2 atom stereocenters. The Kier molecular flexibility index (Phi) is 3.04. The van der Waals surface area contributed by atoms with Crippen molar-refractivity contribution in [1.82, 2.24) is 10.2 Å². The molecule has 3 nitrogen and oxygen atoms in total. The van der Waals surface area contributed by atoms with Crippen LogP contribution in [-0.2, 0) is 11.2 Å². The highest BCUT2D eigenvalue weighted by Crippen LogP contribution is 2.26. The Balaban J connectivity index is 1.62. The van der Waals surface area contributed by atoms with Gasteiger partial charge in [0, 0.05) is 26.2 Å². The van der Waals surface area contributed by atoms with Gasteiger partial charge in [-0.05, 0) is 29.5 Å². The molecule has 1 N–H and O–H groups in total. The van der Waals surface area contributed by atoms with Gasteiger partial charge in [0.25, 0.3) is 0 Å². The van der Waals surface area contributed by atoms with Gasteiger partial charge in [-0.25, -0.2) is 4.39 Å². The average molecular weight is 248 g/mol. The summed E-state index contributed by atoms with van der Waals surface area (Å²) in [4.78, 5) is 14.1. The molecule has 0 aromatic heterocycles. The number of nitrogens with one attached hydrogen (secondary N) is 1. The molecule has 0 aliphatic carbocycles. The summed E-state index contributed by atoms with van der Waals surface area (Å²) in [6, 6.07) is 6.30. The maximum absolute atomic E-state index is 13.0. The highest BCUT2D eigenvalue weighted by molar-refractivity contribution is 5.79. The summed E-state index contributed by atoms with van der Waals surface area (Å²) in [5.74, 6) is 1.07. The van der Waals surface area contributed by atoms with Gasteiger partial charge in [-0.3, -0.25) is 4.79 Å². The van der Waals surface area contributed by atoms with Crippen LogP contribution in [0.1, 0.15) is 5.56 Å². The van der Waals surface area contributed by atoms with E-state index in [9.17, 15) is 9.18 Å². The van der Waals surface area contributed by atoms with E-state index in [1.807, 2.05) is 4.90 Å². The number of hydrogen-bond acceptors (Lipinski definition) is 2. The molecule has 2 aliphatic heterocycles. The third-order valence-electron chi connectivity index (χ3n) is 3.99. The number of carbonyl (C=O) groups excluding carboxylic acids is 1. The minimum Gasteiger partial charge on any atom is -0.342 e. The number of amides is 1. The Morgan fingerprint density at radius 2 is 2.06 bits per heavy atom. The van der Waals surface area contributed by atoms with E-state index in [0.717, 1.165) is 31.7 Å². The lowest BCUT2D eigenvalue weighted by atomic mass is 10.0. The van der Waals surface area contributed by atoms with E-state index in [1.54, 1.807) is 12.1 Å². The van der Waals surface area contributed by atoms with Crippen LogP contribution in [0.5, 0.6) is 0 Å². The zero-order chi connectivity index (χ0) is 12.5. The summed E-state index contributed by atoms with van der Waals surface area (Å²) in [7, 11) is 0. The molecule has 2 saturated heterocycles. The zero-order valence-electron chi connectivity index (χ0n) is 10.2. The van der Waals surface area contributed by atoms with Crippen molar-refractivity contribution >= 4 is 5.91 Å². The highest BCUT2D eigenvalue weighted by atomic mass is 19.1. The van der Waals surface area contributed by atoms with Gasteiger partial charge in [0.15, 0.2) is 0 Å². The fourth-order valence-electron chi connectivity index (χ4n) is 2.99. The van der Waals surface area contributed by atoms with E-state index in [-0.39, 0.29) is 11.7 Å². The zero-order valence-corrected chi connectivity index (χ0v) is 10.2. The maximum Gasteiger partial charge on any atom is 0.227 e. The second-order valence-electron chi connectivity index (χ2n) is 5.28. The topological polar surface area (TPSA) is 32.3 Å². The molecule has 18 heavy (non-hydrogen) atoms. The second-order valence-corrected chi connectivity index (χ2v) is 5.28. The predicted octanol–water partition coefficient (Wildman–Crippen LogP) is 1.05. The Labute approximate surface area is 106 Å². The minimum absolute atomic E-state index is 0.120. The molecule has 1 aromatic carbocycles. The fraction of sp³-hybridized carbons (Fsp3) is 0.500. The van der Waals surface area contributed by atoms with Crippen molar-refractivity contribution in [2.24, 2.45) is 11.8 Å². The van der Waals surface area contributed by atoms with E-state index < -0.39 is 0 Å². The van der Waals surface area contributed by atoms with Gasteiger partial charge in [0.2, 0.25) is 5.91 Å². The molecule has 1 aromatic rings. The molecule has 1 amide bonds. The number of nitrogens with zero attached hydrogens (tertiary/aromatic N) is 1. The molecule has 0 unspecified atom stereocenters. The van der Waals surface area contributed by atoms with Gasteiger partial charge < -0.3 is 10.2 Å². The van der Waals surface area contributed by atoms with E-state index >= 15 is 0 Å². The normalized spacial score (nSPS) is 26.4. The van der Waals surface area contributed by atoms with Crippen molar-refractivity contribution in [2.75, 3.05) is 26.2 Å². The third kappa shape index (κ3) is 2.25. The summed E-state index contributed by atoms with van der Waals surface area (Å²) < 4.78 is 13.0. The SMILES string of the molecule is O=C(Cc1cccc(F)c1)N1C[C@H]2CNC[C@H]2C1. The van der Waals surface area contributed by atoms with Crippen molar-refractivity contribution in [3.63, 3.8) is 0 Å². The van der Waals surface area contributed by atoms with Gasteiger partial charge in [0.05, 0.1) is 6.42 Å². The lowest BCUT2D eigenvalue weighted by Gasteiger charge is -2.17.